The molecule has 1 N–H and O–H groups in total. The summed E-state index contributed by atoms with van der Waals surface area (Å²) < 4.78 is 20.3. The molecule has 2 heterocycles. The van der Waals surface area contributed by atoms with E-state index in [1.165, 1.54) is 23.5 Å². The number of allylic oxidation sites excluding steroid dienone is 1. The van der Waals surface area contributed by atoms with Gasteiger partial charge in [-0.15, -0.1) is 0 Å². The van der Waals surface area contributed by atoms with Crippen LogP contribution in [0.1, 0.15) is 31.2 Å². The van der Waals surface area contributed by atoms with Crippen molar-refractivity contribution in [3.8, 4) is 6.07 Å². The van der Waals surface area contributed by atoms with E-state index in [1.807, 2.05) is 41.3 Å². The molecule has 2 aromatic carbocycles. The molecule has 0 saturated carbocycles. The predicted octanol–water partition coefficient (Wildman–Crippen LogP) is 4.12. The fourth-order valence-electron chi connectivity index (χ4n) is 4.32. The molecule has 7 nitrogen and oxygen atoms in total. The summed E-state index contributed by atoms with van der Waals surface area (Å²) in [4.78, 5) is 26.7. The number of anilines is 2. The lowest BCUT2D eigenvalue weighted by Crippen LogP contribution is -2.33. The number of nitrogens with one attached hydrogen (secondary N) is 1. The number of nitriles is 1. The fourth-order valence-corrected chi connectivity index (χ4v) is 4.32. The molecule has 0 spiro atoms. The van der Waals surface area contributed by atoms with Crippen LogP contribution in [-0.4, -0.2) is 44.3 Å². The minimum Gasteiger partial charge on any atom is -0.442 e. The number of hydrogen-bond donors (Lipinski definition) is 1. The maximum absolute atomic E-state index is 15.0. The molecule has 2 aromatic rings. The van der Waals surface area contributed by atoms with Crippen LogP contribution in [0.2, 0.25) is 0 Å². The number of amides is 2. The molecule has 2 atom stereocenters. The van der Waals surface area contributed by atoms with Gasteiger partial charge >= 0.3 is 6.09 Å². The van der Waals surface area contributed by atoms with Crippen molar-refractivity contribution in [2.45, 2.75) is 31.8 Å². The Labute approximate surface area is 198 Å². The van der Waals surface area contributed by atoms with Crippen LogP contribution in [0.5, 0.6) is 0 Å². The molecule has 2 aliphatic rings. The van der Waals surface area contributed by atoms with Gasteiger partial charge in [0.2, 0.25) is 5.91 Å². The molecule has 0 aromatic heterocycles. The van der Waals surface area contributed by atoms with Crippen LogP contribution in [0.15, 0.2) is 60.2 Å². The van der Waals surface area contributed by atoms with E-state index in [0.717, 1.165) is 18.4 Å². The summed E-state index contributed by atoms with van der Waals surface area (Å²) in [6, 6.07) is 16.8. The molecule has 2 amide bonds. The Morgan fingerprint density at radius 3 is 2.65 bits per heavy atom. The average molecular weight is 463 g/mol. The maximum atomic E-state index is 15.0. The molecule has 34 heavy (non-hydrogen) atoms. The third-order valence-electron chi connectivity index (χ3n) is 6.14. The number of cyclic esters (lactones) is 1. The van der Waals surface area contributed by atoms with E-state index in [2.05, 4.69) is 11.4 Å². The van der Waals surface area contributed by atoms with Crippen molar-refractivity contribution in [2.75, 3.05) is 36.0 Å². The zero-order valence-corrected chi connectivity index (χ0v) is 19.0. The van der Waals surface area contributed by atoms with Crippen molar-refractivity contribution in [3.63, 3.8) is 0 Å². The van der Waals surface area contributed by atoms with Gasteiger partial charge in [0.15, 0.2) is 0 Å². The first-order chi connectivity index (χ1) is 16.4. The Hall–Kier alpha value is -3.86. The Balaban J connectivity index is 1.38. The molecule has 2 fully saturated rings. The van der Waals surface area contributed by atoms with Crippen LogP contribution in [0.3, 0.4) is 0 Å². The Kier molecular flexibility index (Phi) is 7.12. The monoisotopic (exact) mass is 462 g/mol. The lowest BCUT2D eigenvalue weighted by Gasteiger charge is -2.31. The van der Waals surface area contributed by atoms with E-state index in [1.54, 1.807) is 12.1 Å². The highest BCUT2D eigenvalue weighted by Crippen LogP contribution is 2.31. The van der Waals surface area contributed by atoms with Gasteiger partial charge in [0.05, 0.1) is 36.5 Å². The lowest BCUT2D eigenvalue weighted by molar-refractivity contribution is -0.119. The van der Waals surface area contributed by atoms with Gasteiger partial charge in [-0.05, 0) is 36.6 Å². The molecule has 2 saturated heterocycles. The third kappa shape index (κ3) is 5.37. The van der Waals surface area contributed by atoms with Crippen LogP contribution in [0.25, 0.3) is 0 Å². The van der Waals surface area contributed by atoms with Gasteiger partial charge in [-0.1, -0.05) is 42.0 Å². The molecule has 0 radical (unpaired) electrons. The average Bonchev–Trinajstić information content (AvgIpc) is 3.22. The largest absolute Gasteiger partial charge is 0.442 e. The number of carbonyl (C=O) groups is 2. The van der Waals surface area contributed by atoms with E-state index in [-0.39, 0.29) is 24.9 Å². The summed E-state index contributed by atoms with van der Waals surface area (Å²) >= 11 is 0. The predicted molar refractivity (Wildman–Crippen MR) is 127 cm³/mol. The molecule has 8 heteroatoms. The van der Waals surface area contributed by atoms with E-state index in [9.17, 15) is 14.9 Å². The molecular formula is C26H27FN4O3. The number of rotatable bonds is 6. The molecule has 2 unspecified atom stereocenters. The second kappa shape index (κ2) is 10.4. The normalized spacial score (nSPS) is 18.8. The number of halogens is 1. The first kappa shape index (κ1) is 23.3. The van der Waals surface area contributed by atoms with Crippen LogP contribution in [0, 0.1) is 17.1 Å². The molecular weight excluding hydrogens is 435 g/mol. The molecule has 4 rings (SSSR count). The topological polar surface area (TPSA) is 85.7 Å². The van der Waals surface area contributed by atoms with E-state index < -0.39 is 18.0 Å². The Morgan fingerprint density at radius 1 is 1.26 bits per heavy atom. The van der Waals surface area contributed by atoms with Crippen molar-refractivity contribution in [3.05, 3.63) is 71.6 Å². The quantitative estimate of drug-likeness (QED) is 0.653. The maximum Gasteiger partial charge on any atom is 0.414 e. The van der Waals surface area contributed by atoms with Gasteiger partial charge in [-0.3, -0.25) is 9.69 Å². The molecule has 2 aliphatic heterocycles. The minimum absolute atomic E-state index is 0.201. The van der Waals surface area contributed by atoms with Gasteiger partial charge in [0.1, 0.15) is 11.9 Å². The van der Waals surface area contributed by atoms with Crippen LogP contribution >= 0.6 is 0 Å². The van der Waals surface area contributed by atoms with Gasteiger partial charge in [-0.2, -0.15) is 5.26 Å². The fraction of sp³-hybridized carbons (Fsp3) is 0.346. The van der Waals surface area contributed by atoms with Crippen molar-refractivity contribution >= 4 is 23.4 Å². The highest BCUT2D eigenvalue weighted by molar-refractivity contribution is 5.90. The second-order valence-electron chi connectivity index (χ2n) is 8.52. The van der Waals surface area contributed by atoms with E-state index in [4.69, 9.17) is 4.74 Å². The smallest absolute Gasteiger partial charge is 0.414 e. The van der Waals surface area contributed by atoms with Gasteiger partial charge in [0.25, 0.3) is 0 Å². The van der Waals surface area contributed by atoms with Gasteiger partial charge in [0, 0.05) is 20.0 Å². The highest BCUT2D eigenvalue weighted by Gasteiger charge is 2.33. The van der Waals surface area contributed by atoms with Crippen molar-refractivity contribution in [2.24, 2.45) is 0 Å². The minimum atomic E-state index is -0.555. The van der Waals surface area contributed by atoms with E-state index >= 15 is 4.39 Å². The standard InChI is InChI=1S/C26H27FN4O3/c1-18(32)29-16-23-17-31(26(33)34-23)22-7-8-25(24(27)14-22)30-11-9-19(10-12-30)13-21(15-28)20-5-3-2-4-6-20/h2-8,13-14,21,23H,9-12,16-17H2,1H3,(H,29,32). The first-order valence-electron chi connectivity index (χ1n) is 11.4. The van der Waals surface area contributed by atoms with Crippen molar-refractivity contribution in [1.82, 2.24) is 5.32 Å². The Morgan fingerprint density at radius 2 is 2.00 bits per heavy atom. The zero-order chi connectivity index (χ0) is 24.1. The number of piperidine rings is 1. The number of nitrogens with zero attached hydrogens (tertiary/aromatic N) is 3. The summed E-state index contributed by atoms with van der Waals surface area (Å²) in [6.45, 7) is 3.17. The number of hydrogen-bond acceptors (Lipinski definition) is 5. The summed E-state index contributed by atoms with van der Waals surface area (Å²) in [5.41, 5.74) is 3.09. The summed E-state index contributed by atoms with van der Waals surface area (Å²) in [6.07, 6.45) is 2.52. The second-order valence-corrected chi connectivity index (χ2v) is 8.52. The molecule has 0 bridgehead atoms. The summed E-state index contributed by atoms with van der Waals surface area (Å²) in [7, 11) is 0. The highest BCUT2D eigenvalue weighted by atomic mass is 19.1. The first-order valence-corrected chi connectivity index (χ1v) is 11.4. The van der Waals surface area contributed by atoms with Gasteiger partial charge in [-0.25, -0.2) is 9.18 Å². The zero-order valence-electron chi connectivity index (χ0n) is 19.0. The van der Waals surface area contributed by atoms with Crippen LogP contribution in [-0.2, 0) is 9.53 Å². The summed E-state index contributed by atoms with van der Waals surface area (Å²) in [5.74, 6) is -0.886. The Bertz CT molecular complexity index is 1120. The van der Waals surface area contributed by atoms with E-state index in [0.29, 0.717) is 24.5 Å². The SMILES string of the molecule is CC(=O)NCC1CN(c2ccc(N3CCC(=CC(C#N)c4ccccc4)CC3)c(F)c2)C(=O)O1. The molecule has 0 aliphatic carbocycles. The molecule has 176 valence electrons. The van der Waals surface area contributed by atoms with Crippen molar-refractivity contribution in [1.29, 1.82) is 5.26 Å². The number of benzene rings is 2. The van der Waals surface area contributed by atoms with Crippen LogP contribution in [0.4, 0.5) is 20.6 Å². The van der Waals surface area contributed by atoms with Crippen molar-refractivity contribution < 1.29 is 18.7 Å². The summed E-state index contributed by atoms with van der Waals surface area (Å²) in [5, 5.41) is 12.2. The third-order valence-corrected chi connectivity index (χ3v) is 6.14. The van der Waals surface area contributed by atoms with Crippen LogP contribution < -0.4 is 15.1 Å². The lowest BCUT2D eigenvalue weighted by atomic mass is 9.94. The number of ether oxygens (including phenoxy) is 1. The number of carbonyl (C=O) groups excluding carboxylic acids is 2. The van der Waals surface area contributed by atoms with Gasteiger partial charge < -0.3 is 15.0 Å².